The summed E-state index contributed by atoms with van der Waals surface area (Å²) in [6.45, 7) is 6.76. The number of aryl methyl sites for hydroxylation is 1. The zero-order valence-corrected chi connectivity index (χ0v) is 20.1. The van der Waals surface area contributed by atoms with Crippen molar-refractivity contribution in [3.8, 4) is 11.3 Å². The number of anilines is 2. The number of hydrogen-bond donors (Lipinski definition) is 3. The predicted molar refractivity (Wildman–Crippen MR) is 132 cm³/mol. The summed E-state index contributed by atoms with van der Waals surface area (Å²) in [7, 11) is 0. The summed E-state index contributed by atoms with van der Waals surface area (Å²) in [4.78, 5) is 51.2. The van der Waals surface area contributed by atoms with Crippen molar-refractivity contribution >= 4 is 40.7 Å². The molecule has 0 saturated carbocycles. The van der Waals surface area contributed by atoms with Crippen molar-refractivity contribution in [1.82, 2.24) is 15.2 Å². The van der Waals surface area contributed by atoms with Gasteiger partial charge in [0.15, 0.2) is 16.6 Å². The Morgan fingerprint density at radius 2 is 1.76 bits per heavy atom. The number of carbonyl (C=O) groups is 3. The lowest BCUT2D eigenvalue weighted by atomic mass is 10.1. The molecule has 176 valence electrons. The molecule has 9 nitrogen and oxygen atoms in total. The molecule has 0 spiro atoms. The highest BCUT2D eigenvalue weighted by molar-refractivity contribution is 8.00. The smallest absolute Gasteiger partial charge is 0.278 e. The SMILES string of the molecule is CCC(=O)Nc1ccc(C)cc1-c1nnc(S[C@@H](C)C(=O)Nc2ccc(C(C)=O)cc2)[nH]c1=O. The molecule has 0 fully saturated rings. The van der Waals surface area contributed by atoms with Gasteiger partial charge in [-0.15, -0.1) is 10.2 Å². The molecular formula is C24H25N5O4S. The molecule has 1 heterocycles. The van der Waals surface area contributed by atoms with Crippen LogP contribution >= 0.6 is 11.8 Å². The molecule has 2 aromatic carbocycles. The van der Waals surface area contributed by atoms with Gasteiger partial charge in [-0.2, -0.15) is 0 Å². The van der Waals surface area contributed by atoms with E-state index in [4.69, 9.17) is 0 Å². The molecule has 3 aromatic rings. The second-order valence-electron chi connectivity index (χ2n) is 7.64. The van der Waals surface area contributed by atoms with Crippen LogP contribution < -0.4 is 16.2 Å². The van der Waals surface area contributed by atoms with Crippen molar-refractivity contribution in [3.05, 3.63) is 63.9 Å². The van der Waals surface area contributed by atoms with Crippen LogP contribution in [0.15, 0.2) is 52.4 Å². The molecule has 34 heavy (non-hydrogen) atoms. The highest BCUT2D eigenvalue weighted by Gasteiger charge is 2.19. The molecule has 1 aromatic heterocycles. The van der Waals surface area contributed by atoms with E-state index in [2.05, 4.69) is 25.8 Å². The van der Waals surface area contributed by atoms with E-state index in [9.17, 15) is 19.2 Å². The molecule has 0 radical (unpaired) electrons. The number of thioether (sulfide) groups is 1. The van der Waals surface area contributed by atoms with E-state index in [0.717, 1.165) is 17.3 Å². The van der Waals surface area contributed by atoms with Crippen LogP contribution in [-0.4, -0.2) is 38.0 Å². The summed E-state index contributed by atoms with van der Waals surface area (Å²) in [5.74, 6) is -0.536. The molecule has 10 heteroatoms. The second-order valence-corrected chi connectivity index (χ2v) is 8.97. The predicted octanol–water partition coefficient (Wildman–Crippen LogP) is 3.81. The van der Waals surface area contributed by atoms with Gasteiger partial charge in [-0.05, 0) is 57.2 Å². The van der Waals surface area contributed by atoms with Crippen LogP contribution in [0.25, 0.3) is 11.3 Å². The Balaban J connectivity index is 1.75. The zero-order valence-electron chi connectivity index (χ0n) is 19.3. The summed E-state index contributed by atoms with van der Waals surface area (Å²) < 4.78 is 0. The van der Waals surface area contributed by atoms with Crippen LogP contribution in [0.4, 0.5) is 11.4 Å². The van der Waals surface area contributed by atoms with E-state index in [0.29, 0.717) is 28.9 Å². The van der Waals surface area contributed by atoms with Crippen molar-refractivity contribution in [2.45, 2.75) is 44.5 Å². The molecule has 0 aliphatic heterocycles. The van der Waals surface area contributed by atoms with E-state index in [1.807, 2.05) is 13.0 Å². The number of H-pyrrole nitrogens is 1. The fourth-order valence-corrected chi connectivity index (χ4v) is 3.75. The van der Waals surface area contributed by atoms with Crippen LogP contribution in [-0.2, 0) is 9.59 Å². The Morgan fingerprint density at radius 1 is 1.06 bits per heavy atom. The topological polar surface area (TPSA) is 134 Å². The van der Waals surface area contributed by atoms with E-state index in [1.165, 1.54) is 6.92 Å². The van der Waals surface area contributed by atoms with Gasteiger partial charge < -0.3 is 10.6 Å². The van der Waals surface area contributed by atoms with Crippen LogP contribution in [0.1, 0.15) is 43.1 Å². The van der Waals surface area contributed by atoms with Crippen molar-refractivity contribution in [2.75, 3.05) is 10.6 Å². The van der Waals surface area contributed by atoms with E-state index >= 15 is 0 Å². The van der Waals surface area contributed by atoms with Gasteiger partial charge in [-0.1, -0.05) is 30.3 Å². The lowest BCUT2D eigenvalue weighted by Gasteiger charge is -2.12. The number of aromatic nitrogens is 3. The Bertz CT molecular complexity index is 1290. The summed E-state index contributed by atoms with van der Waals surface area (Å²) in [6, 6.07) is 11.9. The van der Waals surface area contributed by atoms with Gasteiger partial charge in [0.25, 0.3) is 5.56 Å². The highest BCUT2D eigenvalue weighted by Crippen LogP contribution is 2.26. The van der Waals surface area contributed by atoms with Gasteiger partial charge in [0.2, 0.25) is 11.8 Å². The van der Waals surface area contributed by atoms with Crippen molar-refractivity contribution in [2.24, 2.45) is 0 Å². The standard InChI is InChI=1S/C24H25N5O4S/c1-5-20(31)26-19-11-6-13(2)12-18(19)21-23(33)27-24(29-28-21)34-15(4)22(32)25-17-9-7-16(8-10-17)14(3)30/h6-12,15H,5H2,1-4H3,(H,25,32)(H,26,31)(H,27,29,33)/t15-/m0/s1. The minimum atomic E-state index is -0.582. The Morgan fingerprint density at radius 3 is 2.38 bits per heavy atom. The van der Waals surface area contributed by atoms with Gasteiger partial charge in [0.05, 0.1) is 10.9 Å². The molecular weight excluding hydrogens is 454 g/mol. The largest absolute Gasteiger partial charge is 0.325 e. The lowest BCUT2D eigenvalue weighted by Crippen LogP contribution is -2.24. The first kappa shape index (κ1) is 24.8. The van der Waals surface area contributed by atoms with Gasteiger partial charge >= 0.3 is 0 Å². The number of Topliss-reactive ketones (excluding diaryl/α,β-unsaturated/α-hetero) is 1. The quantitative estimate of drug-likeness (QED) is 0.330. The lowest BCUT2D eigenvalue weighted by molar-refractivity contribution is -0.116. The minimum Gasteiger partial charge on any atom is -0.325 e. The van der Waals surface area contributed by atoms with Crippen molar-refractivity contribution in [3.63, 3.8) is 0 Å². The average molecular weight is 480 g/mol. The maximum Gasteiger partial charge on any atom is 0.278 e. The molecule has 0 aliphatic rings. The summed E-state index contributed by atoms with van der Waals surface area (Å²) >= 11 is 1.05. The minimum absolute atomic E-state index is 0.0571. The van der Waals surface area contributed by atoms with E-state index < -0.39 is 10.8 Å². The summed E-state index contributed by atoms with van der Waals surface area (Å²) in [5, 5.41) is 13.3. The number of aromatic amines is 1. The Hall–Kier alpha value is -3.79. The number of benzene rings is 2. The van der Waals surface area contributed by atoms with Crippen LogP contribution in [0.3, 0.4) is 0 Å². The third-order valence-corrected chi connectivity index (χ3v) is 5.89. The number of ketones is 1. The number of carbonyl (C=O) groups excluding carboxylic acids is 3. The maximum atomic E-state index is 12.8. The monoisotopic (exact) mass is 479 g/mol. The Kier molecular flexibility index (Phi) is 7.95. The molecule has 2 amide bonds. The van der Waals surface area contributed by atoms with Gasteiger partial charge in [-0.3, -0.25) is 24.2 Å². The fraction of sp³-hybridized carbons (Fsp3) is 0.250. The van der Waals surface area contributed by atoms with Crippen molar-refractivity contribution < 1.29 is 14.4 Å². The first-order chi connectivity index (χ1) is 16.2. The van der Waals surface area contributed by atoms with Crippen LogP contribution in [0, 0.1) is 6.92 Å². The van der Waals surface area contributed by atoms with Gasteiger partial charge in [-0.25, -0.2) is 0 Å². The Labute approximate surface area is 200 Å². The molecule has 0 aliphatic carbocycles. The number of rotatable bonds is 8. The number of hydrogen-bond acceptors (Lipinski definition) is 7. The normalized spacial score (nSPS) is 11.5. The van der Waals surface area contributed by atoms with Gasteiger partial charge in [0.1, 0.15) is 0 Å². The molecule has 0 unspecified atom stereocenters. The molecule has 3 N–H and O–H groups in total. The summed E-state index contributed by atoms with van der Waals surface area (Å²) in [5.41, 5.74) is 2.53. The molecule has 3 rings (SSSR count). The average Bonchev–Trinajstić information content (AvgIpc) is 2.80. The van der Waals surface area contributed by atoms with Crippen LogP contribution in [0.5, 0.6) is 0 Å². The van der Waals surface area contributed by atoms with Crippen molar-refractivity contribution in [1.29, 1.82) is 0 Å². The van der Waals surface area contributed by atoms with E-state index in [-0.39, 0.29) is 28.4 Å². The number of nitrogens with one attached hydrogen (secondary N) is 3. The van der Waals surface area contributed by atoms with Gasteiger partial charge in [0, 0.05) is 23.2 Å². The third kappa shape index (κ3) is 6.16. The third-order valence-electron chi connectivity index (χ3n) is 4.92. The zero-order chi connectivity index (χ0) is 24.8. The highest BCUT2D eigenvalue weighted by atomic mass is 32.2. The molecule has 1 atom stereocenters. The van der Waals surface area contributed by atoms with E-state index in [1.54, 1.807) is 50.2 Å². The maximum absolute atomic E-state index is 12.8. The van der Waals surface area contributed by atoms with Crippen LogP contribution in [0.2, 0.25) is 0 Å². The first-order valence-electron chi connectivity index (χ1n) is 10.6. The summed E-state index contributed by atoms with van der Waals surface area (Å²) in [6.07, 6.45) is 0.297. The molecule has 0 bridgehead atoms. The number of amides is 2. The fourth-order valence-electron chi connectivity index (χ4n) is 3.01. The second kappa shape index (κ2) is 10.9. The first-order valence-corrected chi connectivity index (χ1v) is 11.5. The number of nitrogens with zero attached hydrogens (tertiary/aromatic N) is 2. The molecule has 0 saturated heterocycles.